The maximum atomic E-state index is 13.0. The fourth-order valence-electron chi connectivity index (χ4n) is 2.79. The zero-order valence-electron chi connectivity index (χ0n) is 16.4. The monoisotopic (exact) mass is 382 g/mol. The van der Waals surface area contributed by atoms with Crippen LogP contribution in [0.2, 0.25) is 0 Å². The van der Waals surface area contributed by atoms with Crippen LogP contribution in [0.25, 0.3) is 6.08 Å². The number of hydrogen-bond donors (Lipinski definition) is 2. The van der Waals surface area contributed by atoms with Gasteiger partial charge in [-0.25, -0.2) is 5.48 Å². The molecule has 6 nitrogen and oxygen atoms in total. The summed E-state index contributed by atoms with van der Waals surface area (Å²) in [4.78, 5) is 26.2. The van der Waals surface area contributed by atoms with Crippen LogP contribution in [-0.2, 0) is 0 Å². The number of nitrogens with one attached hydrogen (secondary N) is 1. The van der Waals surface area contributed by atoms with Crippen molar-refractivity contribution in [3.05, 3.63) is 71.3 Å². The molecule has 0 fully saturated rings. The number of benzene rings is 2. The van der Waals surface area contributed by atoms with Gasteiger partial charge in [-0.05, 0) is 56.7 Å². The van der Waals surface area contributed by atoms with Crippen molar-refractivity contribution in [2.45, 2.75) is 26.8 Å². The molecule has 0 saturated carbocycles. The first-order valence-electron chi connectivity index (χ1n) is 9.18. The highest BCUT2D eigenvalue weighted by Gasteiger charge is 2.20. The minimum Gasteiger partial charge on any atom is -0.492 e. The highest BCUT2D eigenvalue weighted by atomic mass is 16.5. The van der Waals surface area contributed by atoms with Crippen LogP contribution in [0.3, 0.4) is 0 Å². The van der Waals surface area contributed by atoms with Gasteiger partial charge in [0.1, 0.15) is 12.4 Å². The van der Waals surface area contributed by atoms with Crippen molar-refractivity contribution >= 4 is 17.9 Å². The second-order valence-corrected chi connectivity index (χ2v) is 6.49. The first-order valence-corrected chi connectivity index (χ1v) is 9.18. The van der Waals surface area contributed by atoms with Crippen molar-refractivity contribution in [1.82, 2.24) is 10.4 Å². The van der Waals surface area contributed by atoms with E-state index in [1.807, 2.05) is 57.2 Å². The van der Waals surface area contributed by atoms with Crippen LogP contribution >= 0.6 is 0 Å². The molecule has 2 amide bonds. The lowest BCUT2D eigenvalue weighted by Gasteiger charge is -2.27. The summed E-state index contributed by atoms with van der Waals surface area (Å²) in [6.45, 7) is 6.61. The van der Waals surface area contributed by atoms with Crippen LogP contribution < -0.4 is 10.2 Å². The predicted octanol–water partition coefficient (Wildman–Crippen LogP) is 3.77. The molecule has 0 aliphatic rings. The Hall–Kier alpha value is -3.12. The Bertz CT molecular complexity index is 829. The van der Waals surface area contributed by atoms with E-state index in [0.29, 0.717) is 30.0 Å². The quantitative estimate of drug-likeness (QED) is 0.538. The van der Waals surface area contributed by atoms with E-state index >= 15 is 0 Å². The molecule has 0 atom stereocenters. The molecular formula is C22H26N2O4. The van der Waals surface area contributed by atoms with Crippen LogP contribution in [0.4, 0.5) is 0 Å². The standard InChI is InChI=1S/C22H26N2O4/c1-4-7-17-8-5-6-9-20(17)22(26)24(16(2)3)14-15-28-19-12-10-18(11-13-19)21(25)23-27/h4-13,16,27H,14-15H2,1-3H3,(H,23,25). The number of ether oxygens (including phenoxy) is 1. The lowest BCUT2D eigenvalue weighted by Crippen LogP contribution is -2.40. The van der Waals surface area contributed by atoms with Gasteiger partial charge in [-0.15, -0.1) is 0 Å². The van der Waals surface area contributed by atoms with E-state index in [2.05, 4.69) is 0 Å². The third kappa shape index (κ3) is 5.44. The largest absolute Gasteiger partial charge is 0.492 e. The fraction of sp³-hybridized carbons (Fsp3) is 0.273. The Morgan fingerprint density at radius 3 is 2.43 bits per heavy atom. The molecule has 0 heterocycles. The number of nitrogens with zero attached hydrogens (tertiary/aromatic N) is 1. The van der Waals surface area contributed by atoms with E-state index in [0.717, 1.165) is 5.56 Å². The minimum atomic E-state index is -0.581. The van der Waals surface area contributed by atoms with Gasteiger partial charge in [0.15, 0.2) is 0 Å². The molecule has 0 spiro atoms. The third-order valence-electron chi connectivity index (χ3n) is 4.24. The summed E-state index contributed by atoms with van der Waals surface area (Å²) in [6, 6.07) is 13.9. The van der Waals surface area contributed by atoms with Crippen molar-refractivity contribution in [3.8, 4) is 5.75 Å². The average molecular weight is 382 g/mol. The summed E-state index contributed by atoms with van der Waals surface area (Å²) in [7, 11) is 0. The summed E-state index contributed by atoms with van der Waals surface area (Å²) in [6.07, 6.45) is 3.84. The molecular weight excluding hydrogens is 356 g/mol. The van der Waals surface area contributed by atoms with Gasteiger partial charge in [0, 0.05) is 17.2 Å². The lowest BCUT2D eigenvalue weighted by molar-refractivity contribution is 0.0673. The van der Waals surface area contributed by atoms with Gasteiger partial charge in [0.2, 0.25) is 0 Å². The Labute approximate surface area is 165 Å². The van der Waals surface area contributed by atoms with E-state index < -0.39 is 5.91 Å². The Kier molecular flexibility index (Phi) is 7.77. The van der Waals surface area contributed by atoms with E-state index in [9.17, 15) is 9.59 Å². The summed E-state index contributed by atoms with van der Waals surface area (Å²) in [5.41, 5.74) is 3.46. The molecule has 148 valence electrons. The summed E-state index contributed by atoms with van der Waals surface area (Å²) < 4.78 is 5.72. The van der Waals surface area contributed by atoms with Crippen LogP contribution in [-0.4, -0.2) is 41.1 Å². The Morgan fingerprint density at radius 2 is 1.82 bits per heavy atom. The number of carbonyl (C=O) groups excluding carboxylic acids is 2. The molecule has 28 heavy (non-hydrogen) atoms. The molecule has 0 aliphatic carbocycles. The number of allylic oxidation sites excluding steroid dienone is 1. The number of rotatable bonds is 8. The van der Waals surface area contributed by atoms with Gasteiger partial charge >= 0.3 is 0 Å². The van der Waals surface area contributed by atoms with Crippen molar-refractivity contribution in [3.63, 3.8) is 0 Å². The molecule has 2 N–H and O–H groups in total. The first-order chi connectivity index (χ1) is 13.5. The molecule has 0 aliphatic heterocycles. The van der Waals surface area contributed by atoms with Gasteiger partial charge < -0.3 is 9.64 Å². The SMILES string of the molecule is CC=Cc1ccccc1C(=O)N(CCOc1ccc(C(=O)NO)cc1)C(C)C. The summed E-state index contributed by atoms with van der Waals surface area (Å²) >= 11 is 0. The number of carbonyl (C=O) groups is 2. The van der Waals surface area contributed by atoms with E-state index in [-0.39, 0.29) is 11.9 Å². The second-order valence-electron chi connectivity index (χ2n) is 6.49. The molecule has 2 rings (SSSR count). The van der Waals surface area contributed by atoms with Crippen LogP contribution in [0.5, 0.6) is 5.75 Å². The number of hydroxylamine groups is 1. The van der Waals surface area contributed by atoms with Crippen molar-refractivity contribution in [1.29, 1.82) is 0 Å². The fourth-order valence-corrected chi connectivity index (χ4v) is 2.79. The lowest BCUT2D eigenvalue weighted by atomic mass is 10.1. The average Bonchev–Trinajstić information content (AvgIpc) is 2.71. The van der Waals surface area contributed by atoms with Gasteiger partial charge in [0.25, 0.3) is 11.8 Å². The minimum absolute atomic E-state index is 0.0189. The zero-order chi connectivity index (χ0) is 20.5. The Morgan fingerprint density at radius 1 is 1.14 bits per heavy atom. The van der Waals surface area contributed by atoms with Crippen LogP contribution in [0, 0.1) is 0 Å². The molecule has 0 unspecified atom stereocenters. The molecule has 0 radical (unpaired) electrons. The van der Waals surface area contributed by atoms with Crippen LogP contribution in [0.15, 0.2) is 54.6 Å². The van der Waals surface area contributed by atoms with Crippen molar-refractivity contribution < 1.29 is 19.5 Å². The van der Waals surface area contributed by atoms with Gasteiger partial charge in [-0.2, -0.15) is 0 Å². The highest BCUT2D eigenvalue weighted by molar-refractivity contribution is 5.98. The molecule has 0 saturated heterocycles. The summed E-state index contributed by atoms with van der Waals surface area (Å²) in [5.74, 6) is -0.0369. The molecule has 0 aromatic heterocycles. The molecule has 0 bridgehead atoms. The van der Waals surface area contributed by atoms with Gasteiger partial charge in [-0.3, -0.25) is 14.8 Å². The molecule has 2 aromatic rings. The first kappa shape index (κ1) is 21.2. The number of amides is 2. The van der Waals surface area contributed by atoms with Crippen molar-refractivity contribution in [2.75, 3.05) is 13.2 Å². The maximum absolute atomic E-state index is 13.0. The van der Waals surface area contributed by atoms with Gasteiger partial charge in [-0.1, -0.05) is 30.4 Å². The Balaban J connectivity index is 2.03. The topological polar surface area (TPSA) is 78.9 Å². The van der Waals surface area contributed by atoms with Crippen molar-refractivity contribution in [2.24, 2.45) is 0 Å². The smallest absolute Gasteiger partial charge is 0.274 e. The zero-order valence-corrected chi connectivity index (χ0v) is 16.4. The normalized spacial score (nSPS) is 10.9. The summed E-state index contributed by atoms with van der Waals surface area (Å²) in [5, 5.41) is 8.64. The van der Waals surface area contributed by atoms with E-state index in [1.54, 1.807) is 34.6 Å². The van der Waals surface area contributed by atoms with E-state index in [4.69, 9.17) is 9.94 Å². The molecule has 2 aromatic carbocycles. The van der Waals surface area contributed by atoms with Crippen LogP contribution in [0.1, 0.15) is 47.1 Å². The molecule has 6 heteroatoms. The maximum Gasteiger partial charge on any atom is 0.274 e. The predicted molar refractivity (Wildman–Crippen MR) is 109 cm³/mol. The number of hydrogen-bond acceptors (Lipinski definition) is 4. The van der Waals surface area contributed by atoms with E-state index in [1.165, 1.54) is 0 Å². The second kappa shape index (κ2) is 10.3. The highest BCUT2D eigenvalue weighted by Crippen LogP contribution is 2.16. The van der Waals surface area contributed by atoms with Gasteiger partial charge in [0.05, 0.1) is 6.54 Å². The third-order valence-corrected chi connectivity index (χ3v) is 4.24.